The van der Waals surface area contributed by atoms with Crippen molar-refractivity contribution < 1.29 is 23.8 Å². The lowest BCUT2D eigenvalue weighted by Gasteiger charge is -2.23. The fourth-order valence-corrected chi connectivity index (χ4v) is 3.78. The molecule has 3 aromatic carbocycles. The molecule has 184 valence electrons. The van der Waals surface area contributed by atoms with E-state index in [1.165, 1.54) is 14.2 Å². The van der Waals surface area contributed by atoms with Gasteiger partial charge in [-0.1, -0.05) is 54.9 Å². The van der Waals surface area contributed by atoms with E-state index < -0.39 is 0 Å². The maximum absolute atomic E-state index is 12.7. The molecular weight excluding hydrogens is 512 g/mol. The summed E-state index contributed by atoms with van der Waals surface area (Å²) in [5, 5.41) is 5.62. The van der Waals surface area contributed by atoms with Crippen LogP contribution in [0.4, 0.5) is 11.4 Å². The number of anilines is 2. The molecule has 8 heteroatoms. The van der Waals surface area contributed by atoms with Crippen LogP contribution in [0.25, 0.3) is 0 Å². The van der Waals surface area contributed by atoms with Gasteiger partial charge in [0, 0.05) is 27.7 Å². The molecule has 0 saturated heterocycles. The maximum Gasteiger partial charge on any atom is 0.262 e. The van der Waals surface area contributed by atoms with E-state index >= 15 is 0 Å². The summed E-state index contributed by atoms with van der Waals surface area (Å²) in [4.78, 5) is 25.3. The number of ether oxygens (including phenoxy) is 3. The summed E-state index contributed by atoms with van der Waals surface area (Å²) in [5.41, 5.74) is 2.13. The van der Waals surface area contributed by atoms with E-state index in [4.69, 9.17) is 14.2 Å². The van der Waals surface area contributed by atoms with Gasteiger partial charge in [-0.15, -0.1) is 0 Å². The second kappa shape index (κ2) is 11.3. The Balaban J connectivity index is 1.75. The third-order valence-electron chi connectivity index (χ3n) is 5.19. The Labute approximate surface area is 213 Å². The van der Waals surface area contributed by atoms with Crippen molar-refractivity contribution in [1.29, 1.82) is 0 Å². The predicted molar refractivity (Wildman–Crippen MR) is 141 cm³/mol. The normalized spacial score (nSPS) is 10.9. The molecule has 2 amide bonds. The summed E-state index contributed by atoms with van der Waals surface area (Å²) in [6.45, 7) is 6.05. The monoisotopic (exact) mass is 540 g/mol. The van der Waals surface area contributed by atoms with Gasteiger partial charge in [0.05, 0.1) is 25.6 Å². The van der Waals surface area contributed by atoms with Gasteiger partial charge in [-0.2, -0.15) is 0 Å². The first-order valence-corrected chi connectivity index (χ1v) is 11.8. The molecule has 7 nitrogen and oxygen atoms in total. The Morgan fingerprint density at radius 1 is 0.829 bits per heavy atom. The van der Waals surface area contributed by atoms with Gasteiger partial charge in [0.2, 0.25) is 0 Å². The lowest BCUT2D eigenvalue weighted by molar-refractivity contribution is -0.118. The van der Waals surface area contributed by atoms with Crippen LogP contribution in [0.3, 0.4) is 0 Å². The predicted octanol–water partition coefficient (Wildman–Crippen LogP) is 6.03. The first kappa shape index (κ1) is 26.1. The molecule has 0 heterocycles. The van der Waals surface area contributed by atoms with Crippen molar-refractivity contribution in [3.63, 3.8) is 0 Å². The first-order chi connectivity index (χ1) is 16.6. The van der Waals surface area contributed by atoms with E-state index in [-0.39, 0.29) is 23.8 Å². The Bertz CT molecular complexity index is 1210. The molecule has 3 rings (SSSR count). The van der Waals surface area contributed by atoms with Gasteiger partial charge in [-0.3, -0.25) is 9.59 Å². The third-order valence-corrected chi connectivity index (χ3v) is 5.68. The van der Waals surface area contributed by atoms with Crippen LogP contribution in [0.15, 0.2) is 65.1 Å². The van der Waals surface area contributed by atoms with Crippen molar-refractivity contribution in [2.24, 2.45) is 0 Å². The van der Waals surface area contributed by atoms with Crippen molar-refractivity contribution in [2.75, 3.05) is 31.5 Å². The molecule has 0 spiro atoms. The molecule has 3 aromatic rings. The van der Waals surface area contributed by atoms with Crippen LogP contribution in [0.1, 0.15) is 36.7 Å². The van der Waals surface area contributed by atoms with E-state index in [9.17, 15) is 9.59 Å². The number of hydrogen-bond acceptors (Lipinski definition) is 5. The Hall–Kier alpha value is -3.52. The third kappa shape index (κ3) is 6.76. The van der Waals surface area contributed by atoms with E-state index in [2.05, 4.69) is 47.3 Å². The zero-order valence-corrected chi connectivity index (χ0v) is 22.0. The highest BCUT2D eigenvalue weighted by molar-refractivity contribution is 9.10. The van der Waals surface area contributed by atoms with Crippen LogP contribution >= 0.6 is 15.9 Å². The SMILES string of the molecule is COc1cc(NC(=O)c2ccccc2)c(OC)cc1NC(=O)COc1ccc(Br)cc1C(C)(C)C. The van der Waals surface area contributed by atoms with Crippen molar-refractivity contribution >= 4 is 39.1 Å². The fraction of sp³-hybridized carbons (Fsp3) is 0.259. The molecule has 2 N–H and O–H groups in total. The smallest absolute Gasteiger partial charge is 0.262 e. The summed E-state index contributed by atoms with van der Waals surface area (Å²) in [5.74, 6) is 0.713. The molecule has 0 radical (unpaired) electrons. The number of benzene rings is 3. The van der Waals surface area contributed by atoms with E-state index in [0.29, 0.717) is 34.2 Å². The highest BCUT2D eigenvalue weighted by Crippen LogP contribution is 2.37. The highest BCUT2D eigenvalue weighted by atomic mass is 79.9. The molecule has 0 saturated carbocycles. The standard InChI is InChI=1S/C27H29BrN2O5/c1-27(2,3)19-13-18(28)11-12-22(19)35-16-25(31)29-20-14-24(34-5)21(15-23(20)33-4)30-26(32)17-9-7-6-8-10-17/h6-15H,16H2,1-5H3,(H,29,31)(H,30,32). The summed E-state index contributed by atoms with van der Waals surface area (Å²) in [6.07, 6.45) is 0. The molecule has 35 heavy (non-hydrogen) atoms. The number of methoxy groups -OCH3 is 2. The lowest BCUT2D eigenvalue weighted by Crippen LogP contribution is -2.22. The average molecular weight is 541 g/mol. The highest BCUT2D eigenvalue weighted by Gasteiger charge is 2.21. The second-order valence-electron chi connectivity index (χ2n) is 8.80. The van der Waals surface area contributed by atoms with Crippen LogP contribution in [0.5, 0.6) is 17.2 Å². The summed E-state index contributed by atoms with van der Waals surface area (Å²) in [6, 6.07) is 17.7. The second-order valence-corrected chi connectivity index (χ2v) is 9.72. The minimum absolute atomic E-state index is 0.161. The Morgan fingerprint density at radius 3 is 2.00 bits per heavy atom. The van der Waals surface area contributed by atoms with Gasteiger partial charge >= 0.3 is 0 Å². The van der Waals surface area contributed by atoms with Gasteiger partial charge in [-0.05, 0) is 35.7 Å². The van der Waals surface area contributed by atoms with Gasteiger partial charge in [0.1, 0.15) is 17.2 Å². The van der Waals surface area contributed by atoms with Crippen LogP contribution < -0.4 is 24.8 Å². The number of carbonyl (C=O) groups is 2. The quantitative estimate of drug-likeness (QED) is 0.364. The van der Waals surface area contributed by atoms with Crippen LogP contribution in [0, 0.1) is 0 Å². The number of hydrogen-bond donors (Lipinski definition) is 2. The minimum atomic E-state index is -0.366. The number of rotatable bonds is 8. The number of carbonyl (C=O) groups excluding carboxylic acids is 2. The van der Waals surface area contributed by atoms with Gasteiger partial charge < -0.3 is 24.8 Å². The molecule has 0 fully saturated rings. The minimum Gasteiger partial charge on any atom is -0.494 e. The summed E-state index contributed by atoms with van der Waals surface area (Å²) >= 11 is 3.49. The molecule has 0 aromatic heterocycles. The lowest BCUT2D eigenvalue weighted by atomic mass is 9.86. The average Bonchev–Trinajstić information content (AvgIpc) is 2.83. The molecule has 0 bridgehead atoms. The van der Waals surface area contributed by atoms with Crippen LogP contribution in [-0.4, -0.2) is 32.6 Å². The number of amides is 2. The maximum atomic E-state index is 12.7. The van der Waals surface area contributed by atoms with E-state index in [0.717, 1.165) is 10.0 Å². The zero-order valence-electron chi connectivity index (χ0n) is 20.4. The van der Waals surface area contributed by atoms with Gasteiger partial charge in [0.15, 0.2) is 6.61 Å². The largest absolute Gasteiger partial charge is 0.494 e. The van der Waals surface area contributed by atoms with E-state index in [1.807, 2.05) is 24.3 Å². The summed E-state index contributed by atoms with van der Waals surface area (Å²) in [7, 11) is 2.96. The topological polar surface area (TPSA) is 85.9 Å². The van der Waals surface area contributed by atoms with Crippen LogP contribution in [-0.2, 0) is 10.2 Å². The van der Waals surface area contributed by atoms with Crippen LogP contribution in [0.2, 0.25) is 0 Å². The number of nitrogens with one attached hydrogen (secondary N) is 2. The van der Waals surface area contributed by atoms with Gasteiger partial charge in [-0.25, -0.2) is 0 Å². The molecule has 0 aliphatic heterocycles. The Kier molecular flexibility index (Phi) is 8.40. The Morgan fingerprint density at radius 2 is 1.43 bits per heavy atom. The molecule has 0 aliphatic carbocycles. The van der Waals surface area contributed by atoms with Crippen molar-refractivity contribution in [1.82, 2.24) is 0 Å². The zero-order chi connectivity index (χ0) is 25.6. The van der Waals surface area contributed by atoms with Crippen molar-refractivity contribution in [2.45, 2.75) is 26.2 Å². The van der Waals surface area contributed by atoms with E-state index in [1.54, 1.807) is 36.4 Å². The van der Waals surface area contributed by atoms with Crippen molar-refractivity contribution in [3.05, 3.63) is 76.3 Å². The molecule has 0 aliphatic rings. The fourth-order valence-electron chi connectivity index (χ4n) is 3.42. The number of halogens is 1. The molecule has 0 atom stereocenters. The van der Waals surface area contributed by atoms with Crippen molar-refractivity contribution in [3.8, 4) is 17.2 Å². The van der Waals surface area contributed by atoms with Gasteiger partial charge in [0.25, 0.3) is 11.8 Å². The molecular formula is C27H29BrN2O5. The summed E-state index contributed by atoms with van der Waals surface area (Å²) < 4.78 is 17.7. The molecule has 0 unspecified atom stereocenters. The first-order valence-electron chi connectivity index (χ1n) is 11.0.